The van der Waals surface area contributed by atoms with Crippen LogP contribution < -0.4 is 16.3 Å². The van der Waals surface area contributed by atoms with Gasteiger partial charge in [-0.05, 0) is 36.4 Å². The molecule has 0 radical (unpaired) electrons. The predicted octanol–water partition coefficient (Wildman–Crippen LogP) is 2.25. The molecule has 0 bridgehead atoms. The van der Waals surface area contributed by atoms with Gasteiger partial charge in [-0.3, -0.25) is 14.4 Å². The molecule has 3 aromatic rings. The van der Waals surface area contributed by atoms with E-state index in [0.29, 0.717) is 0 Å². The Kier molecular flexibility index (Phi) is 12.1. The van der Waals surface area contributed by atoms with E-state index in [1.165, 1.54) is 36.4 Å². The summed E-state index contributed by atoms with van der Waals surface area (Å²) in [4.78, 5) is 31.7. The van der Waals surface area contributed by atoms with Gasteiger partial charge in [-0.15, -0.1) is 0 Å². The van der Waals surface area contributed by atoms with E-state index >= 15 is 0 Å². The zero-order valence-corrected chi connectivity index (χ0v) is 15.7. The van der Waals surface area contributed by atoms with Gasteiger partial charge in [0, 0.05) is 17.1 Å². The molecule has 0 atom stereocenters. The molecule has 0 aliphatic carbocycles. The van der Waals surface area contributed by atoms with Gasteiger partial charge in [-0.1, -0.05) is 54.6 Å². The van der Waals surface area contributed by atoms with Gasteiger partial charge in [-0.2, -0.15) is 0 Å². The predicted molar refractivity (Wildman–Crippen MR) is 103 cm³/mol. The van der Waals surface area contributed by atoms with Crippen LogP contribution in [0.4, 0.5) is 0 Å². The maximum Gasteiger partial charge on any atom is 0.220 e. The molecule has 7 heteroatoms. The second-order valence-electron chi connectivity index (χ2n) is 4.98. The molecule has 0 amide bonds. The molecule has 0 aromatic heterocycles. The van der Waals surface area contributed by atoms with Crippen LogP contribution in [-0.4, -0.2) is 15.3 Å². The van der Waals surface area contributed by atoms with E-state index in [1.54, 1.807) is 54.6 Å². The fourth-order valence-corrected chi connectivity index (χ4v) is 1.56. The van der Waals surface area contributed by atoms with E-state index in [0.717, 1.165) is 0 Å². The summed E-state index contributed by atoms with van der Waals surface area (Å²) in [6, 6.07) is 22.7. The molecule has 3 aromatic carbocycles. The maximum atomic E-state index is 10.6. The Labute approximate surface area is 171 Å². The summed E-state index contributed by atoms with van der Waals surface area (Å²) in [5.41, 5.74) is -1.04. The minimum Gasteiger partial charge on any atom is -0.504 e. The number of hydrogen-bond donors (Lipinski definition) is 3. The van der Waals surface area contributed by atoms with Crippen molar-refractivity contribution in [3.63, 3.8) is 0 Å². The van der Waals surface area contributed by atoms with Crippen molar-refractivity contribution in [3.05, 3.63) is 122 Å². The second kappa shape index (κ2) is 13.7. The average molecular weight is 422 g/mol. The van der Waals surface area contributed by atoms with E-state index in [4.69, 9.17) is 15.3 Å². The minimum absolute atomic E-state index is 0. The molecule has 3 N–H and O–H groups in total. The Bertz CT molecular complexity index is 906. The van der Waals surface area contributed by atoms with Crippen LogP contribution in [0.2, 0.25) is 0 Å². The van der Waals surface area contributed by atoms with E-state index in [2.05, 4.69) is 0 Å². The van der Waals surface area contributed by atoms with Crippen LogP contribution in [0.3, 0.4) is 0 Å². The largest absolute Gasteiger partial charge is 0.504 e. The Morgan fingerprint density at radius 1 is 0.393 bits per heavy atom. The maximum absolute atomic E-state index is 10.6. The number of hydrogen-bond acceptors (Lipinski definition) is 6. The van der Waals surface area contributed by atoms with Crippen LogP contribution in [0.1, 0.15) is 0 Å². The standard InChI is InChI=1S/3C7H6O2.Fe/c3*8-6-4-2-1-3-5-7(6)9;/h3*1-5H,(H,8,9);. The first-order valence-corrected chi connectivity index (χ1v) is 7.77. The smallest absolute Gasteiger partial charge is 0.220 e. The van der Waals surface area contributed by atoms with Gasteiger partial charge in [0.15, 0.2) is 17.2 Å². The Balaban J connectivity index is 0.000000384. The van der Waals surface area contributed by atoms with Gasteiger partial charge < -0.3 is 15.3 Å². The molecular weight excluding hydrogens is 404 g/mol. The van der Waals surface area contributed by atoms with Crippen LogP contribution in [0.15, 0.2) is 105 Å². The van der Waals surface area contributed by atoms with E-state index in [-0.39, 0.29) is 50.6 Å². The molecule has 6 nitrogen and oxygen atoms in total. The SMILES string of the molecule is O=c1cccccc1O.O=c1cccccc1O.O=c1cccccc1O.[Fe]. The first-order valence-electron chi connectivity index (χ1n) is 7.77. The molecule has 0 unspecified atom stereocenters. The Morgan fingerprint density at radius 2 is 0.607 bits per heavy atom. The van der Waals surface area contributed by atoms with Gasteiger partial charge in [0.25, 0.3) is 0 Å². The van der Waals surface area contributed by atoms with Crippen LogP contribution in [0.5, 0.6) is 17.2 Å². The van der Waals surface area contributed by atoms with Gasteiger partial charge in [0.2, 0.25) is 16.3 Å². The molecule has 0 heterocycles. The Morgan fingerprint density at radius 3 is 0.857 bits per heavy atom. The summed E-state index contributed by atoms with van der Waals surface area (Å²) in [7, 11) is 0. The summed E-state index contributed by atoms with van der Waals surface area (Å²) in [5.74, 6) is -0.625. The molecule has 28 heavy (non-hydrogen) atoms. The molecular formula is C21H18FeO6. The molecule has 0 saturated heterocycles. The van der Waals surface area contributed by atoms with Crippen LogP contribution >= 0.6 is 0 Å². The molecule has 0 fully saturated rings. The average Bonchev–Trinajstić information content (AvgIpc) is 3.04. The molecule has 0 saturated carbocycles. The van der Waals surface area contributed by atoms with Crippen molar-refractivity contribution >= 4 is 0 Å². The summed E-state index contributed by atoms with van der Waals surface area (Å²) in [6.45, 7) is 0. The van der Waals surface area contributed by atoms with Gasteiger partial charge in [-0.25, -0.2) is 0 Å². The van der Waals surface area contributed by atoms with Crippen LogP contribution in [-0.2, 0) is 17.1 Å². The minimum atomic E-state index is -0.347. The third kappa shape index (κ3) is 9.91. The van der Waals surface area contributed by atoms with Gasteiger partial charge in [0.05, 0.1) is 0 Å². The summed E-state index contributed by atoms with van der Waals surface area (Å²) in [5, 5.41) is 26.3. The fourth-order valence-electron chi connectivity index (χ4n) is 1.56. The molecule has 0 aliphatic rings. The zero-order valence-electron chi connectivity index (χ0n) is 14.6. The van der Waals surface area contributed by atoms with Gasteiger partial charge in [0.1, 0.15) is 0 Å². The third-order valence-corrected chi connectivity index (χ3v) is 2.93. The molecule has 146 valence electrons. The van der Waals surface area contributed by atoms with Crippen LogP contribution in [0, 0.1) is 0 Å². The third-order valence-electron chi connectivity index (χ3n) is 2.93. The summed E-state index contributed by atoms with van der Waals surface area (Å²) < 4.78 is 0. The normalized spacial score (nSPS) is 8.57. The monoisotopic (exact) mass is 422 g/mol. The van der Waals surface area contributed by atoms with Crippen molar-refractivity contribution in [3.8, 4) is 17.2 Å². The van der Waals surface area contributed by atoms with Crippen LogP contribution in [0.25, 0.3) is 0 Å². The Hall–Kier alpha value is -3.41. The fraction of sp³-hybridized carbons (Fsp3) is 0. The van der Waals surface area contributed by atoms with Gasteiger partial charge >= 0.3 is 0 Å². The van der Waals surface area contributed by atoms with E-state index in [9.17, 15) is 14.4 Å². The summed E-state index contributed by atoms with van der Waals surface area (Å²) in [6.07, 6.45) is 0. The molecule has 0 spiro atoms. The van der Waals surface area contributed by atoms with E-state index in [1.807, 2.05) is 0 Å². The van der Waals surface area contributed by atoms with Crippen molar-refractivity contribution in [2.24, 2.45) is 0 Å². The van der Waals surface area contributed by atoms with Crippen molar-refractivity contribution in [1.29, 1.82) is 0 Å². The molecule has 3 rings (SSSR count). The van der Waals surface area contributed by atoms with Crippen molar-refractivity contribution in [2.45, 2.75) is 0 Å². The molecule has 0 aliphatic heterocycles. The first kappa shape index (κ1) is 24.6. The second-order valence-corrected chi connectivity index (χ2v) is 4.98. The topological polar surface area (TPSA) is 112 Å². The summed E-state index contributed by atoms with van der Waals surface area (Å²) >= 11 is 0. The number of rotatable bonds is 0. The first-order chi connectivity index (χ1) is 12.9. The quantitative estimate of drug-likeness (QED) is 0.480. The van der Waals surface area contributed by atoms with E-state index < -0.39 is 0 Å². The van der Waals surface area contributed by atoms with Crippen molar-refractivity contribution in [1.82, 2.24) is 0 Å². The zero-order chi connectivity index (χ0) is 20.1. The van der Waals surface area contributed by atoms with Crippen molar-refractivity contribution in [2.75, 3.05) is 0 Å². The van der Waals surface area contributed by atoms with Crippen molar-refractivity contribution < 1.29 is 32.4 Å². The number of aromatic hydroxyl groups is 3.